The zero-order valence-corrected chi connectivity index (χ0v) is 13.3. The molecular formula is C13H19N3O4S. The minimum atomic E-state index is -3.67. The van der Waals surface area contributed by atoms with Crippen molar-refractivity contribution in [2.75, 3.05) is 20.6 Å². The molecule has 0 aliphatic heterocycles. The molecule has 21 heavy (non-hydrogen) atoms. The summed E-state index contributed by atoms with van der Waals surface area (Å²) in [6, 6.07) is 3.39. The number of rotatable bonds is 6. The van der Waals surface area contributed by atoms with Gasteiger partial charge in [0, 0.05) is 6.54 Å². The molecule has 0 bridgehead atoms. The molecule has 0 aromatic carbocycles. The summed E-state index contributed by atoms with van der Waals surface area (Å²) < 4.78 is 37.6. The van der Waals surface area contributed by atoms with Gasteiger partial charge >= 0.3 is 0 Å². The third-order valence-electron chi connectivity index (χ3n) is 3.20. The summed E-state index contributed by atoms with van der Waals surface area (Å²) >= 11 is 0. The maximum atomic E-state index is 12.4. The van der Waals surface area contributed by atoms with E-state index in [-0.39, 0.29) is 23.2 Å². The second-order valence-electron chi connectivity index (χ2n) is 5.00. The fourth-order valence-electron chi connectivity index (χ4n) is 2.14. The molecule has 116 valence electrons. The van der Waals surface area contributed by atoms with Crippen molar-refractivity contribution < 1.29 is 17.4 Å². The number of hydrogen-bond donors (Lipinski definition) is 1. The van der Waals surface area contributed by atoms with E-state index in [4.69, 9.17) is 8.94 Å². The average molecular weight is 313 g/mol. The Labute approximate surface area is 124 Å². The van der Waals surface area contributed by atoms with Gasteiger partial charge in [0.2, 0.25) is 10.0 Å². The van der Waals surface area contributed by atoms with E-state index in [1.807, 2.05) is 25.1 Å². The number of furan rings is 1. The van der Waals surface area contributed by atoms with E-state index in [1.54, 1.807) is 26.2 Å². The number of aromatic nitrogens is 1. The molecule has 2 rings (SSSR count). The lowest BCUT2D eigenvalue weighted by Crippen LogP contribution is -2.34. The first-order valence-corrected chi connectivity index (χ1v) is 7.93. The molecule has 0 amide bonds. The Morgan fingerprint density at radius 2 is 2.10 bits per heavy atom. The molecule has 1 atom stereocenters. The highest BCUT2D eigenvalue weighted by atomic mass is 32.2. The Bertz CT molecular complexity index is 670. The van der Waals surface area contributed by atoms with Gasteiger partial charge in [-0.3, -0.25) is 4.90 Å². The number of hydrogen-bond acceptors (Lipinski definition) is 6. The first-order chi connectivity index (χ1) is 9.83. The number of likely N-dealkylation sites (N-methyl/N-ethyl adjacent to an activating group) is 1. The second kappa shape index (κ2) is 6.00. The Balaban J connectivity index is 2.18. The van der Waals surface area contributed by atoms with Crippen molar-refractivity contribution in [1.82, 2.24) is 14.8 Å². The predicted molar refractivity (Wildman–Crippen MR) is 76.3 cm³/mol. The lowest BCUT2D eigenvalue weighted by atomic mass is 10.2. The van der Waals surface area contributed by atoms with Gasteiger partial charge < -0.3 is 8.94 Å². The van der Waals surface area contributed by atoms with E-state index in [2.05, 4.69) is 9.88 Å². The van der Waals surface area contributed by atoms with Crippen LogP contribution in [0.15, 0.2) is 32.2 Å². The van der Waals surface area contributed by atoms with E-state index >= 15 is 0 Å². The molecule has 0 spiro atoms. The molecule has 7 nitrogen and oxygen atoms in total. The number of sulfonamides is 1. The molecule has 8 heteroatoms. The van der Waals surface area contributed by atoms with Crippen LogP contribution in [-0.4, -0.2) is 39.1 Å². The van der Waals surface area contributed by atoms with Gasteiger partial charge in [0.05, 0.1) is 12.3 Å². The molecule has 0 aliphatic carbocycles. The Morgan fingerprint density at radius 3 is 2.57 bits per heavy atom. The van der Waals surface area contributed by atoms with Gasteiger partial charge in [-0.15, -0.1) is 0 Å². The SMILES string of the molecule is Cc1noc(C)c1S(=O)(=O)NCC(c1ccco1)N(C)C. The molecule has 0 saturated carbocycles. The second-order valence-corrected chi connectivity index (χ2v) is 6.70. The highest BCUT2D eigenvalue weighted by Gasteiger charge is 2.26. The minimum absolute atomic E-state index is 0.0967. The number of nitrogens with zero attached hydrogens (tertiary/aromatic N) is 2. The molecule has 2 aromatic rings. The van der Waals surface area contributed by atoms with E-state index in [0.717, 1.165) is 0 Å². The third-order valence-corrected chi connectivity index (χ3v) is 4.87. The highest BCUT2D eigenvalue weighted by molar-refractivity contribution is 7.89. The topological polar surface area (TPSA) is 88.6 Å². The Morgan fingerprint density at radius 1 is 1.38 bits per heavy atom. The first-order valence-electron chi connectivity index (χ1n) is 6.45. The molecule has 1 N–H and O–H groups in total. The van der Waals surface area contributed by atoms with Crippen LogP contribution in [0.2, 0.25) is 0 Å². The van der Waals surface area contributed by atoms with Gasteiger partial charge in [0.25, 0.3) is 0 Å². The van der Waals surface area contributed by atoms with Gasteiger partial charge in [0.15, 0.2) is 5.76 Å². The standard InChI is InChI=1S/C13H19N3O4S/c1-9-13(10(2)20-15-9)21(17,18)14-8-11(16(3)4)12-6-5-7-19-12/h5-7,11,14H,8H2,1-4H3. The van der Waals surface area contributed by atoms with Crippen LogP contribution in [0.1, 0.15) is 23.3 Å². The molecule has 2 aromatic heterocycles. The summed E-state index contributed by atoms with van der Waals surface area (Å²) in [4.78, 5) is 1.98. The molecule has 2 heterocycles. The maximum Gasteiger partial charge on any atom is 0.246 e. The van der Waals surface area contributed by atoms with Gasteiger partial charge in [-0.25, -0.2) is 13.1 Å². The summed E-state index contributed by atoms with van der Waals surface area (Å²) in [7, 11) is 0.0445. The van der Waals surface area contributed by atoms with E-state index < -0.39 is 10.0 Å². The monoisotopic (exact) mass is 313 g/mol. The van der Waals surface area contributed by atoms with Gasteiger partial charge in [-0.2, -0.15) is 0 Å². The quantitative estimate of drug-likeness (QED) is 0.868. The maximum absolute atomic E-state index is 12.4. The lowest BCUT2D eigenvalue weighted by Gasteiger charge is -2.22. The van der Waals surface area contributed by atoms with Crippen LogP contribution < -0.4 is 4.72 Å². The number of nitrogens with one attached hydrogen (secondary N) is 1. The van der Waals surface area contributed by atoms with Crippen LogP contribution in [0, 0.1) is 13.8 Å². The van der Waals surface area contributed by atoms with E-state index in [1.165, 1.54) is 0 Å². The zero-order chi connectivity index (χ0) is 15.6. The average Bonchev–Trinajstić information content (AvgIpc) is 2.99. The Kier molecular flexibility index (Phi) is 4.50. The smallest absolute Gasteiger partial charge is 0.246 e. The van der Waals surface area contributed by atoms with Crippen molar-refractivity contribution in [2.24, 2.45) is 0 Å². The normalized spacial score (nSPS) is 13.8. The summed E-state index contributed by atoms with van der Waals surface area (Å²) in [6.45, 7) is 3.36. The van der Waals surface area contributed by atoms with Gasteiger partial charge in [0.1, 0.15) is 16.3 Å². The van der Waals surface area contributed by atoms with Crippen LogP contribution in [0.25, 0.3) is 0 Å². The molecule has 0 saturated heterocycles. The summed E-state index contributed by atoms with van der Waals surface area (Å²) in [6.07, 6.45) is 1.56. The predicted octanol–water partition coefficient (Wildman–Crippen LogP) is 1.47. The zero-order valence-electron chi connectivity index (χ0n) is 12.5. The van der Waals surface area contributed by atoms with Crippen molar-refractivity contribution >= 4 is 10.0 Å². The molecule has 0 fully saturated rings. The van der Waals surface area contributed by atoms with E-state index in [9.17, 15) is 8.42 Å². The summed E-state index contributed by atoms with van der Waals surface area (Å²) in [5.74, 6) is 0.973. The van der Waals surface area contributed by atoms with Gasteiger partial charge in [-0.05, 0) is 40.1 Å². The van der Waals surface area contributed by atoms with Crippen LogP contribution in [-0.2, 0) is 10.0 Å². The van der Waals surface area contributed by atoms with Crippen molar-refractivity contribution in [3.63, 3.8) is 0 Å². The molecular weight excluding hydrogens is 294 g/mol. The molecule has 0 radical (unpaired) electrons. The fourth-order valence-corrected chi connectivity index (χ4v) is 3.50. The minimum Gasteiger partial charge on any atom is -0.468 e. The fraction of sp³-hybridized carbons (Fsp3) is 0.462. The summed E-state index contributed by atoms with van der Waals surface area (Å²) in [5.41, 5.74) is 0.347. The first kappa shape index (κ1) is 15.7. The third kappa shape index (κ3) is 3.34. The van der Waals surface area contributed by atoms with Crippen molar-refractivity contribution in [3.8, 4) is 0 Å². The van der Waals surface area contributed by atoms with Crippen molar-refractivity contribution in [1.29, 1.82) is 0 Å². The largest absolute Gasteiger partial charge is 0.468 e. The van der Waals surface area contributed by atoms with Crippen molar-refractivity contribution in [3.05, 3.63) is 35.6 Å². The van der Waals surface area contributed by atoms with Gasteiger partial charge in [-0.1, -0.05) is 5.16 Å². The van der Waals surface area contributed by atoms with Crippen LogP contribution >= 0.6 is 0 Å². The lowest BCUT2D eigenvalue weighted by molar-refractivity contribution is 0.259. The number of aryl methyl sites for hydroxylation is 2. The van der Waals surface area contributed by atoms with Crippen LogP contribution in [0.3, 0.4) is 0 Å². The summed E-state index contributed by atoms with van der Waals surface area (Å²) in [5, 5.41) is 3.67. The Hall–Kier alpha value is -1.64. The highest BCUT2D eigenvalue weighted by Crippen LogP contribution is 2.21. The van der Waals surface area contributed by atoms with Crippen molar-refractivity contribution in [2.45, 2.75) is 24.8 Å². The molecule has 1 unspecified atom stereocenters. The van der Waals surface area contributed by atoms with Crippen LogP contribution in [0.5, 0.6) is 0 Å². The van der Waals surface area contributed by atoms with E-state index in [0.29, 0.717) is 11.5 Å². The molecule has 0 aliphatic rings. The van der Waals surface area contributed by atoms with Crippen LogP contribution in [0.4, 0.5) is 0 Å².